The summed E-state index contributed by atoms with van der Waals surface area (Å²) in [5, 5.41) is 2.63. The Bertz CT molecular complexity index is 479. The molecule has 0 spiro atoms. The van der Waals surface area contributed by atoms with Crippen LogP contribution in [0.5, 0.6) is 0 Å². The molecule has 6 heteroatoms. The Hall–Kier alpha value is -1.17. The summed E-state index contributed by atoms with van der Waals surface area (Å²) in [5.41, 5.74) is 6.73. The summed E-state index contributed by atoms with van der Waals surface area (Å²) in [4.78, 5) is 11.8. The molecule has 0 radical (unpaired) electrons. The molecule has 1 aromatic rings. The van der Waals surface area contributed by atoms with E-state index in [1.165, 1.54) is 0 Å². The summed E-state index contributed by atoms with van der Waals surface area (Å²) in [6.07, 6.45) is -0.347. The summed E-state index contributed by atoms with van der Waals surface area (Å²) >= 11 is 3.24. The molecule has 1 aromatic carbocycles. The smallest absolute Gasteiger partial charge is 0.248 e. The molecule has 0 bridgehead atoms. The van der Waals surface area contributed by atoms with Crippen LogP contribution < -0.4 is 11.1 Å². The zero-order chi connectivity index (χ0) is 13.3. The van der Waals surface area contributed by atoms with Gasteiger partial charge in [0, 0.05) is 34.6 Å². The number of anilines is 2. The van der Waals surface area contributed by atoms with E-state index < -0.39 is 11.8 Å². The molecule has 1 amide bonds. The molecule has 3 N–H and O–H groups in total. The number of hydrogen-bond donors (Lipinski definition) is 2. The maximum atomic E-state index is 13.0. The van der Waals surface area contributed by atoms with Gasteiger partial charge in [-0.15, -0.1) is 0 Å². The standard InChI is InChI=1S/C12H13BrF2N2O/c13-9-5-8(1-2-10(9)16)17-11(18)7-3-4-12(14,15)6-7/h1-2,5,7H,3-4,6,16H2,(H,17,18). The molecule has 1 saturated carbocycles. The van der Waals surface area contributed by atoms with E-state index in [1.54, 1.807) is 18.2 Å². The van der Waals surface area contributed by atoms with E-state index in [1.807, 2.05) is 0 Å². The molecule has 0 saturated heterocycles. The maximum absolute atomic E-state index is 13.0. The normalized spacial score (nSPS) is 21.8. The minimum atomic E-state index is -2.70. The summed E-state index contributed by atoms with van der Waals surface area (Å²) in [6.45, 7) is 0. The van der Waals surface area contributed by atoms with Crippen LogP contribution in [0.25, 0.3) is 0 Å². The number of nitrogens with two attached hydrogens (primary N) is 1. The van der Waals surface area contributed by atoms with Crippen LogP contribution in [0, 0.1) is 5.92 Å². The predicted molar refractivity (Wildman–Crippen MR) is 69.5 cm³/mol. The number of halogens is 3. The van der Waals surface area contributed by atoms with Gasteiger partial charge in [-0.05, 0) is 40.5 Å². The molecule has 2 rings (SSSR count). The molecule has 1 aliphatic rings. The van der Waals surface area contributed by atoms with Crippen molar-refractivity contribution in [2.45, 2.75) is 25.2 Å². The molecule has 0 heterocycles. The highest BCUT2D eigenvalue weighted by Crippen LogP contribution is 2.39. The lowest BCUT2D eigenvalue weighted by Gasteiger charge is -2.12. The van der Waals surface area contributed by atoms with Gasteiger partial charge in [-0.2, -0.15) is 0 Å². The van der Waals surface area contributed by atoms with Crippen molar-refractivity contribution in [2.24, 2.45) is 5.92 Å². The number of hydrogen-bond acceptors (Lipinski definition) is 2. The van der Waals surface area contributed by atoms with E-state index in [0.717, 1.165) is 0 Å². The molecule has 1 atom stereocenters. The minimum absolute atomic E-state index is 0.212. The van der Waals surface area contributed by atoms with Gasteiger partial charge in [-0.1, -0.05) is 0 Å². The van der Waals surface area contributed by atoms with Gasteiger partial charge >= 0.3 is 0 Å². The highest BCUT2D eigenvalue weighted by molar-refractivity contribution is 9.10. The molecular formula is C12H13BrF2N2O. The van der Waals surface area contributed by atoms with Crippen LogP contribution in [-0.2, 0) is 4.79 Å². The summed E-state index contributed by atoms with van der Waals surface area (Å²) in [7, 11) is 0. The number of amides is 1. The van der Waals surface area contributed by atoms with Gasteiger partial charge in [0.05, 0.1) is 0 Å². The highest BCUT2D eigenvalue weighted by Gasteiger charge is 2.42. The fourth-order valence-corrected chi connectivity index (χ4v) is 2.40. The Labute approximate surface area is 112 Å². The topological polar surface area (TPSA) is 55.1 Å². The van der Waals surface area contributed by atoms with Gasteiger partial charge in [-0.3, -0.25) is 4.79 Å². The molecule has 98 valence electrons. The highest BCUT2D eigenvalue weighted by atomic mass is 79.9. The molecule has 1 aliphatic carbocycles. The Morgan fingerprint density at radius 1 is 1.50 bits per heavy atom. The third kappa shape index (κ3) is 2.98. The van der Waals surface area contributed by atoms with Crippen molar-refractivity contribution in [1.29, 1.82) is 0 Å². The van der Waals surface area contributed by atoms with E-state index in [4.69, 9.17) is 5.73 Å². The molecular weight excluding hydrogens is 306 g/mol. The van der Waals surface area contributed by atoms with Crippen LogP contribution in [-0.4, -0.2) is 11.8 Å². The van der Waals surface area contributed by atoms with E-state index in [9.17, 15) is 13.6 Å². The number of carbonyl (C=O) groups is 1. The van der Waals surface area contributed by atoms with Crippen LogP contribution in [0.2, 0.25) is 0 Å². The van der Waals surface area contributed by atoms with E-state index in [-0.39, 0.29) is 25.2 Å². The molecule has 18 heavy (non-hydrogen) atoms. The number of nitrogen functional groups attached to an aromatic ring is 1. The van der Waals surface area contributed by atoms with Crippen LogP contribution in [0.1, 0.15) is 19.3 Å². The summed E-state index contributed by atoms with van der Waals surface area (Å²) < 4.78 is 26.7. The quantitative estimate of drug-likeness (QED) is 0.821. The van der Waals surface area contributed by atoms with Gasteiger partial charge in [-0.25, -0.2) is 8.78 Å². The van der Waals surface area contributed by atoms with Gasteiger partial charge in [0.2, 0.25) is 11.8 Å². The van der Waals surface area contributed by atoms with Crippen LogP contribution >= 0.6 is 15.9 Å². The molecule has 0 aliphatic heterocycles. The third-order valence-electron chi connectivity index (χ3n) is 3.04. The fraction of sp³-hybridized carbons (Fsp3) is 0.417. The first-order valence-electron chi connectivity index (χ1n) is 5.61. The number of alkyl halides is 2. The van der Waals surface area contributed by atoms with E-state index >= 15 is 0 Å². The second-order valence-corrected chi connectivity index (χ2v) is 5.38. The number of benzene rings is 1. The Kier molecular flexibility index (Phi) is 3.56. The zero-order valence-corrected chi connectivity index (χ0v) is 11.1. The minimum Gasteiger partial charge on any atom is -0.398 e. The first kappa shape index (κ1) is 13.3. The van der Waals surface area contributed by atoms with Crippen molar-refractivity contribution in [3.05, 3.63) is 22.7 Å². The lowest BCUT2D eigenvalue weighted by Crippen LogP contribution is -2.22. The first-order chi connectivity index (χ1) is 8.37. The Balaban J connectivity index is 2.01. The van der Waals surface area contributed by atoms with Gasteiger partial charge in [0.25, 0.3) is 0 Å². The van der Waals surface area contributed by atoms with Crippen molar-refractivity contribution >= 4 is 33.2 Å². The third-order valence-corrected chi connectivity index (χ3v) is 3.73. The zero-order valence-electron chi connectivity index (χ0n) is 9.55. The van der Waals surface area contributed by atoms with Gasteiger partial charge < -0.3 is 11.1 Å². The van der Waals surface area contributed by atoms with Crippen LogP contribution in [0.3, 0.4) is 0 Å². The molecule has 0 aromatic heterocycles. The second kappa shape index (κ2) is 4.84. The number of rotatable bonds is 2. The summed E-state index contributed by atoms with van der Waals surface area (Å²) in [6, 6.07) is 4.94. The van der Waals surface area contributed by atoms with Crippen molar-refractivity contribution in [2.75, 3.05) is 11.1 Å². The first-order valence-corrected chi connectivity index (χ1v) is 6.40. The molecule has 1 unspecified atom stereocenters. The average Bonchev–Trinajstić information content (AvgIpc) is 2.64. The SMILES string of the molecule is Nc1ccc(NC(=O)C2CCC(F)(F)C2)cc1Br. The number of nitrogens with one attached hydrogen (secondary N) is 1. The van der Waals surface area contributed by atoms with Crippen molar-refractivity contribution < 1.29 is 13.6 Å². The predicted octanol–water partition coefficient (Wildman–Crippen LogP) is 3.41. The van der Waals surface area contributed by atoms with E-state index in [2.05, 4.69) is 21.2 Å². The maximum Gasteiger partial charge on any atom is 0.248 e. The average molecular weight is 319 g/mol. The lowest BCUT2D eigenvalue weighted by molar-refractivity contribution is -0.120. The van der Waals surface area contributed by atoms with Crippen molar-refractivity contribution in [3.8, 4) is 0 Å². The Morgan fingerprint density at radius 3 is 2.78 bits per heavy atom. The van der Waals surface area contributed by atoms with Crippen molar-refractivity contribution in [1.82, 2.24) is 0 Å². The van der Waals surface area contributed by atoms with E-state index in [0.29, 0.717) is 15.8 Å². The van der Waals surface area contributed by atoms with Gasteiger partial charge in [0.15, 0.2) is 0 Å². The van der Waals surface area contributed by atoms with Gasteiger partial charge in [0.1, 0.15) is 0 Å². The summed E-state index contributed by atoms with van der Waals surface area (Å²) in [5.74, 6) is -3.68. The van der Waals surface area contributed by atoms with Crippen molar-refractivity contribution in [3.63, 3.8) is 0 Å². The second-order valence-electron chi connectivity index (χ2n) is 4.52. The Morgan fingerprint density at radius 2 is 2.22 bits per heavy atom. The number of carbonyl (C=O) groups excluding carboxylic acids is 1. The van der Waals surface area contributed by atoms with Crippen LogP contribution in [0.15, 0.2) is 22.7 Å². The lowest BCUT2D eigenvalue weighted by atomic mass is 10.1. The molecule has 1 fully saturated rings. The fourth-order valence-electron chi connectivity index (χ4n) is 2.02. The molecule has 3 nitrogen and oxygen atoms in total. The monoisotopic (exact) mass is 318 g/mol. The largest absolute Gasteiger partial charge is 0.398 e. The van der Waals surface area contributed by atoms with Crippen LogP contribution in [0.4, 0.5) is 20.2 Å².